The lowest BCUT2D eigenvalue weighted by molar-refractivity contribution is 0.102. The minimum atomic E-state index is -0.500. The van der Waals surface area contributed by atoms with Gasteiger partial charge in [0.05, 0.1) is 6.20 Å². The van der Waals surface area contributed by atoms with Crippen molar-refractivity contribution in [2.24, 2.45) is 0 Å². The third-order valence-electron chi connectivity index (χ3n) is 2.43. The molecule has 5 heteroatoms. The molecule has 0 radical (unpaired) electrons. The van der Waals surface area contributed by atoms with E-state index in [0.717, 1.165) is 12.3 Å². The molecule has 0 saturated carbocycles. The van der Waals surface area contributed by atoms with Gasteiger partial charge in [0.15, 0.2) is 0 Å². The molecule has 2 aromatic rings. The predicted octanol–water partition coefficient (Wildman–Crippen LogP) is 2.49. The topological polar surface area (TPSA) is 62.2 Å². The van der Waals surface area contributed by atoms with Crippen molar-refractivity contribution in [2.75, 3.05) is 5.32 Å². The number of benzene rings is 1. The number of nitrogens with one attached hydrogen (secondary N) is 1. The van der Waals surface area contributed by atoms with Gasteiger partial charge >= 0.3 is 0 Å². The third kappa shape index (κ3) is 2.63. The molecule has 1 heterocycles. The average molecular weight is 246 g/mol. The second kappa shape index (κ2) is 4.83. The van der Waals surface area contributed by atoms with Crippen LogP contribution < -0.4 is 5.32 Å². The summed E-state index contributed by atoms with van der Waals surface area (Å²) in [6.45, 7) is 1.75. The number of phenolic OH excluding ortho intramolecular Hbond substituents is 1. The first-order valence-electron chi connectivity index (χ1n) is 5.29. The number of hydrogen-bond acceptors (Lipinski definition) is 3. The molecule has 0 aliphatic rings. The van der Waals surface area contributed by atoms with Crippen LogP contribution in [0.25, 0.3) is 0 Å². The fourth-order valence-electron chi connectivity index (χ4n) is 1.39. The number of phenols is 1. The van der Waals surface area contributed by atoms with Crippen molar-refractivity contribution in [1.29, 1.82) is 0 Å². The molecule has 0 fully saturated rings. The van der Waals surface area contributed by atoms with Crippen molar-refractivity contribution in [3.8, 4) is 5.75 Å². The molecule has 0 unspecified atom stereocenters. The Labute approximate surface area is 103 Å². The first kappa shape index (κ1) is 12.0. The normalized spacial score (nSPS) is 10.1. The Bertz CT molecular complexity index is 582. The van der Waals surface area contributed by atoms with E-state index in [0.29, 0.717) is 11.3 Å². The van der Waals surface area contributed by atoms with E-state index in [9.17, 15) is 14.3 Å². The highest BCUT2D eigenvalue weighted by Gasteiger charge is 2.08. The number of halogens is 1. The van der Waals surface area contributed by atoms with Crippen molar-refractivity contribution < 1.29 is 14.3 Å². The molecule has 0 atom stereocenters. The Hall–Kier alpha value is -2.43. The van der Waals surface area contributed by atoms with Gasteiger partial charge in [0.25, 0.3) is 5.91 Å². The quantitative estimate of drug-likeness (QED) is 0.855. The fraction of sp³-hybridized carbons (Fsp3) is 0.0769. The summed E-state index contributed by atoms with van der Waals surface area (Å²) in [5, 5.41) is 12.1. The minimum Gasteiger partial charge on any atom is -0.508 e. The lowest BCUT2D eigenvalue weighted by atomic mass is 10.2. The van der Waals surface area contributed by atoms with Crippen LogP contribution in [0.5, 0.6) is 5.75 Å². The van der Waals surface area contributed by atoms with Crippen LogP contribution in [0.1, 0.15) is 16.1 Å². The molecule has 0 aliphatic heterocycles. The van der Waals surface area contributed by atoms with E-state index in [1.54, 1.807) is 19.1 Å². The highest BCUT2D eigenvalue weighted by Crippen LogP contribution is 2.21. The molecule has 0 aliphatic carbocycles. The molecule has 0 bridgehead atoms. The number of aromatic hydroxyl groups is 1. The van der Waals surface area contributed by atoms with E-state index in [4.69, 9.17) is 0 Å². The zero-order valence-electron chi connectivity index (χ0n) is 9.64. The zero-order valence-corrected chi connectivity index (χ0v) is 9.64. The molecular formula is C13H11FN2O2. The Kier molecular flexibility index (Phi) is 3.23. The fourth-order valence-corrected chi connectivity index (χ4v) is 1.39. The summed E-state index contributed by atoms with van der Waals surface area (Å²) < 4.78 is 12.6. The summed E-state index contributed by atoms with van der Waals surface area (Å²) >= 11 is 0. The van der Waals surface area contributed by atoms with Gasteiger partial charge in [0.1, 0.15) is 17.3 Å². The van der Waals surface area contributed by atoms with Crippen LogP contribution in [0.3, 0.4) is 0 Å². The molecule has 18 heavy (non-hydrogen) atoms. The SMILES string of the molecule is Cc1ccc(NC(=O)c2ccc(F)cn2)cc1O. The molecule has 2 rings (SSSR count). The van der Waals surface area contributed by atoms with Gasteiger partial charge in [-0.15, -0.1) is 0 Å². The number of aromatic nitrogens is 1. The molecule has 0 spiro atoms. The molecule has 1 aromatic heterocycles. The van der Waals surface area contributed by atoms with Crippen LogP contribution in [0, 0.1) is 12.7 Å². The largest absolute Gasteiger partial charge is 0.508 e. The van der Waals surface area contributed by atoms with E-state index >= 15 is 0 Å². The van der Waals surface area contributed by atoms with Gasteiger partial charge in [0.2, 0.25) is 0 Å². The second-order valence-electron chi connectivity index (χ2n) is 3.82. The highest BCUT2D eigenvalue weighted by molar-refractivity contribution is 6.02. The van der Waals surface area contributed by atoms with Crippen molar-refractivity contribution in [2.45, 2.75) is 6.92 Å². The number of amides is 1. The van der Waals surface area contributed by atoms with E-state index in [2.05, 4.69) is 10.3 Å². The van der Waals surface area contributed by atoms with Crippen LogP contribution >= 0.6 is 0 Å². The first-order chi connectivity index (χ1) is 8.56. The van der Waals surface area contributed by atoms with Gasteiger partial charge in [-0.2, -0.15) is 0 Å². The summed E-state index contributed by atoms with van der Waals surface area (Å²) in [5.41, 5.74) is 1.28. The summed E-state index contributed by atoms with van der Waals surface area (Å²) in [7, 11) is 0. The van der Waals surface area contributed by atoms with Gasteiger partial charge < -0.3 is 10.4 Å². The van der Waals surface area contributed by atoms with E-state index < -0.39 is 11.7 Å². The van der Waals surface area contributed by atoms with Crippen LogP contribution in [-0.2, 0) is 0 Å². The van der Waals surface area contributed by atoms with Gasteiger partial charge in [-0.3, -0.25) is 4.79 Å². The summed E-state index contributed by atoms with van der Waals surface area (Å²) in [6, 6.07) is 7.24. The number of rotatable bonds is 2. The maximum atomic E-state index is 12.6. The average Bonchev–Trinajstić information content (AvgIpc) is 2.34. The molecular weight excluding hydrogens is 235 g/mol. The van der Waals surface area contributed by atoms with Gasteiger partial charge in [-0.1, -0.05) is 6.07 Å². The van der Waals surface area contributed by atoms with Crippen LogP contribution in [-0.4, -0.2) is 16.0 Å². The van der Waals surface area contributed by atoms with E-state index in [1.807, 2.05) is 0 Å². The highest BCUT2D eigenvalue weighted by atomic mass is 19.1. The van der Waals surface area contributed by atoms with E-state index in [1.165, 1.54) is 12.1 Å². The lowest BCUT2D eigenvalue weighted by Gasteiger charge is -2.06. The minimum absolute atomic E-state index is 0.0971. The number of carbonyl (C=O) groups is 1. The molecule has 2 N–H and O–H groups in total. The van der Waals surface area contributed by atoms with Crippen molar-refractivity contribution in [3.63, 3.8) is 0 Å². The number of carbonyl (C=O) groups excluding carboxylic acids is 1. The molecule has 0 saturated heterocycles. The molecule has 1 aromatic carbocycles. The number of anilines is 1. The van der Waals surface area contributed by atoms with E-state index in [-0.39, 0.29) is 11.4 Å². The monoisotopic (exact) mass is 246 g/mol. The van der Waals surface area contributed by atoms with Crippen LogP contribution in [0.15, 0.2) is 36.5 Å². The lowest BCUT2D eigenvalue weighted by Crippen LogP contribution is -2.13. The predicted molar refractivity (Wildman–Crippen MR) is 65.0 cm³/mol. The Morgan fingerprint density at radius 2 is 2.11 bits per heavy atom. The summed E-state index contributed by atoms with van der Waals surface area (Å²) in [6.07, 6.45) is 0.974. The molecule has 92 valence electrons. The smallest absolute Gasteiger partial charge is 0.274 e. The van der Waals surface area contributed by atoms with Gasteiger partial charge in [0, 0.05) is 11.8 Å². The standard InChI is InChI=1S/C13H11FN2O2/c1-8-2-4-10(6-12(8)17)16-13(18)11-5-3-9(14)7-15-11/h2-7,17H,1H3,(H,16,18). The summed E-state index contributed by atoms with van der Waals surface area (Å²) in [4.78, 5) is 15.4. The van der Waals surface area contributed by atoms with Gasteiger partial charge in [-0.25, -0.2) is 9.37 Å². The number of aryl methyl sites for hydroxylation is 1. The second-order valence-corrected chi connectivity index (χ2v) is 3.82. The van der Waals surface area contributed by atoms with Gasteiger partial charge in [-0.05, 0) is 30.7 Å². The molecule has 1 amide bonds. The van der Waals surface area contributed by atoms with Crippen LogP contribution in [0.2, 0.25) is 0 Å². The number of nitrogens with zero attached hydrogens (tertiary/aromatic N) is 1. The van der Waals surface area contributed by atoms with Crippen molar-refractivity contribution in [1.82, 2.24) is 4.98 Å². The number of pyridine rings is 1. The first-order valence-corrected chi connectivity index (χ1v) is 5.29. The maximum absolute atomic E-state index is 12.6. The Morgan fingerprint density at radius 3 is 2.72 bits per heavy atom. The third-order valence-corrected chi connectivity index (χ3v) is 2.43. The van der Waals surface area contributed by atoms with Crippen molar-refractivity contribution in [3.05, 3.63) is 53.6 Å². The Morgan fingerprint density at radius 1 is 1.33 bits per heavy atom. The molecule has 4 nitrogen and oxygen atoms in total. The Balaban J connectivity index is 2.16. The van der Waals surface area contributed by atoms with Crippen LogP contribution in [0.4, 0.5) is 10.1 Å². The zero-order chi connectivity index (χ0) is 13.1. The number of hydrogen-bond donors (Lipinski definition) is 2. The summed E-state index contributed by atoms with van der Waals surface area (Å²) in [5.74, 6) is -0.863. The maximum Gasteiger partial charge on any atom is 0.274 e. The van der Waals surface area contributed by atoms with Crippen molar-refractivity contribution >= 4 is 11.6 Å².